The van der Waals surface area contributed by atoms with Gasteiger partial charge in [0.15, 0.2) is 0 Å². The second-order valence-corrected chi connectivity index (χ2v) is 3.96. The van der Waals surface area contributed by atoms with E-state index < -0.39 is 0 Å². The highest BCUT2D eigenvalue weighted by atomic mass is 14.8. The predicted octanol–water partition coefficient (Wildman–Crippen LogP) is 4.43. The number of hydrogen-bond acceptors (Lipinski definition) is 1. The van der Waals surface area contributed by atoms with Gasteiger partial charge in [-0.2, -0.15) is 0 Å². The maximum atomic E-state index is 3.95. The van der Waals surface area contributed by atoms with Gasteiger partial charge in [-0.15, -0.1) is 0 Å². The van der Waals surface area contributed by atoms with E-state index in [1.165, 1.54) is 0 Å². The minimum absolute atomic E-state index is 0.964. The van der Waals surface area contributed by atoms with Crippen LogP contribution in [-0.4, -0.2) is 7.05 Å². The van der Waals surface area contributed by atoms with E-state index in [1.807, 2.05) is 50.4 Å². The van der Waals surface area contributed by atoms with Crippen molar-refractivity contribution in [2.24, 2.45) is 0 Å². The largest absolute Gasteiger partial charge is 0.388 e. The van der Waals surface area contributed by atoms with Crippen LogP contribution in [0.5, 0.6) is 0 Å². The van der Waals surface area contributed by atoms with Gasteiger partial charge in [0.05, 0.1) is 0 Å². The Morgan fingerprint density at radius 2 is 1.71 bits per heavy atom. The van der Waals surface area contributed by atoms with Crippen LogP contribution in [0, 0.1) is 0 Å². The van der Waals surface area contributed by atoms with Gasteiger partial charge in [0.1, 0.15) is 0 Å². The van der Waals surface area contributed by atoms with E-state index in [-0.39, 0.29) is 0 Å². The number of benzene rings is 1. The van der Waals surface area contributed by atoms with Gasteiger partial charge in [-0.25, -0.2) is 0 Å². The summed E-state index contributed by atoms with van der Waals surface area (Å²) in [6.07, 6.45) is 7.95. The van der Waals surface area contributed by atoms with E-state index in [4.69, 9.17) is 0 Å². The van der Waals surface area contributed by atoms with Crippen LogP contribution in [0.4, 0.5) is 5.69 Å². The van der Waals surface area contributed by atoms with Crippen LogP contribution in [0.25, 0.3) is 6.08 Å². The fraction of sp³-hybridized carbons (Fsp3) is 0.125. The second-order valence-electron chi connectivity index (χ2n) is 3.96. The molecule has 1 nitrogen and oxygen atoms in total. The van der Waals surface area contributed by atoms with Gasteiger partial charge in [-0.3, -0.25) is 0 Å². The van der Waals surface area contributed by atoms with Crippen LogP contribution in [-0.2, 0) is 0 Å². The molecular formula is C16H19N. The highest BCUT2D eigenvalue weighted by Crippen LogP contribution is 2.11. The molecule has 0 aliphatic heterocycles. The Morgan fingerprint density at radius 1 is 1.06 bits per heavy atom. The maximum Gasteiger partial charge on any atom is 0.0337 e. The molecule has 1 heteroatoms. The Kier molecular flexibility index (Phi) is 5.02. The van der Waals surface area contributed by atoms with Crippen molar-refractivity contribution in [3.63, 3.8) is 0 Å². The quantitative estimate of drug-likeness (QED) is 0.731. The zero-order chi connectivity index (χ0) is 12.7. The first kappa shape index (κ1) is 13.0. The molecule has 0 unspecified atom stereocenters. The van der Waals surface area contributed by atoms with Crippen molar-refractivity contribution in [2.45, 2.75) is 6.92 Å². The van der Waals surface area contributed by atoms with Gasteiger partial charge in [0.2, 0.25) is 0 Å². The molecule has 0 amide bonds. The molecule has 17 heavy (non-hydrogen) atoms. The van der Waals surface area contributed by atoms with Crippen molar-refractivity contribution in [3.05, 3.63) is 72.4 Å². The summed E-state index contributed by atoms with van der Waals surface area (Å²) < 4.78 is 0. The summed E-state index contributed by atoms with van der Waals surface area (Å²) in [6.45, 7) is 9.72. The van der Waals surface area contributed by atoms with Crippen molar-refractivity contribution < 1.29 is 0 Å². The van der Waals surface area contributed by atoms with E-state index in [0.717, 1.165) is 22.4 Å². The molecule has 0 heterocycles. The van der Waals surface area contributed by atoms with Crippen molar-refractivity contribution in [2.75, 3.05) is 12.4 Å². The number of anilines is 1. The first-order valence-corrected chi connectivity index (χ1v) is 5.60. The number of allylic oxidation sites excluding steroid dienone is 5. The summed E-state index contributed by atoms with van der Waals surface area (Å²) in [7, 11) is 1.91. The third kappa shape index (κ3) is 5.03. The highest BCUT2D eigenvalue weighted by Gasteiger charge is 1.88. The molecule has 0 fully saturated rings. The lowest BCUT2D eigenvalue weighted by molar-refractivity contribution is 1.50. The smallest absolute Gasteiger partial charge is 0.0337 e. The predicted molar refractivity (Wildman–Crippen MR) is 78.1 cm³/mol. The summed E-state index contributed by atoms with van der Waals surface area (Å²) in [6, 6.07) is 8.23. The van der Waals surface area contributed by atoms with Crippen LogP contribution < -0.4 is 5.32 Å². The van der Waals surface area contributed by atoms with Crippen molar-refractivity contribution in [1.82, 2.24) is 0 Å². The Bertz CT molecular complexity index is 447. The van der Waals surface area contributed by atoms with E-state index >= 15 is 0 Å². The molecule has 0 atom stereocenters. The number of hydrogen-bond donors (Lipinski definition) is 1. The molecule has 1 aromatic rings. The van der Waals surface area contributed by atoms with Crippen molar-refractivity contribution in [1.29, 1.82) is 0 Å². The Balaban J connectivity index is 2.63. The Hall–Kier alpha value is -2.02. The van der Waals surface area contributed by atoms with E-state index in [2.05, 4.69) is 30.6 Å². The van der Waals surface area contributed by atoms with Gasteiger partial charge in [0.25, 0.3) is 0 Å². The van der Waals surface area contributed by atoms with E-state index in [9.17, 15) is 0 Å². The standard InChI is InChI=1S/C16H19N/c1-13(2)5-6-14(3)7-8-15-9-11-16(17-4)12-10-15/h5-12,17H,1,3H2,2,4H3. The molecule has 0 bridgehead atoms. The fourth-order valence-electron chi connectivity index (χ4n) is 1.27. The molecule has 0 saturated heterocycles. The topological polar surface area (TPSA) is 12.0 Å². The fourth-order valence-corrected chi connectivity index (χ4v) is 1.27. The summed E-state index contributed by atoms with van der Waals surface area (Å²) in [5.41, 5.74) is 4.26. The summed E-state index contributed by atoms with van der Waals surface area (Å²) in [5.74, 6) is 0. The van der Waals surface area contributed by atoms with Crippen molar-refractivity contribution in [3.8, 4) is 0 Å². The molecule has 1 rings (SSSR count). The molecule has 0 radical (unpaired) electrons. The third-order valence-corrected chi connectivity index (χ3v) is 2.27. The minimum atomic E-state index is 0.964. The van der Waals surface area contributed by atoms with Crippen LogP contribution in [0.2, 0.25) is 0 Å². The Labute approximate surface area is 104 Å². The first-order chi connectivity index (χ1) is 8.11. The molecule has 0 saturated carbocycles. The molecule has 0 aliphatic carbocycles. The van der Waals surface area contributed by atoms with E-state index in [0.29, 0.717) is 0 Å². The molecule has 1 N–H and O–H groups in total. The maximum absolute atomic E-state index is 3.95. The molecule has 0 spiro atoms. The van der Waals surface area contributed by atoms with Crippen LogP contribution in [0.3, 0.4) is 0 Å². The lowest BCUT2D eigenvalue weighted by atomic mass is 10.1. The minimum Gasteiger partial charge on any atom is -0.388 e. The molecule has 1 aromatic carbocycles. The number of rotatable bonds is 5. The highest BCUT2D eigenvalue weighted by molar-refractivity contribution is 5.57. The van der Waals surface area contributed by atoms with Gasteiger partial charge in [-0.05, 0) is 30.2 Å². The summed E-state index contributed by atoms with van der Waals surface area (Å²) in [4.78, 5) is 0. The van der Waals surface area contributed by atoms with Crippen LogP contribution >= 0.6 is 0 Å². The summed E-state index contributed by atoms with van der Waals surface area (Å²) in [5, 5.41) is 3.09. The van der Waals surface area contributed by atoms with Crippen LogP contribution in [0.15, 0.2) is 66.8 Å². The first-order valence-electron chi connectivity index (χ1n) is 5.60. The SMILES string of the molecule is C=C(C)C=CC(=C)C=Cc1ccc(NC)cc1. The van der Waals surface area contributed by atoms with E-state index in [1.54, 1.807) is 0 Å². The zero-order valence-electron chi connectivity index (χ0n) is 10.5. The van der Waals surface area contributed by atoms with Gasteiger partial charge in [-0.1, -0.05) is 55.2 Å². The second kappa shape index (κ2) is 6.54. The molecule has 88 valence electrons. The van der Waals surface area contributed by atoms with Gasteiger partial charge < -0.3 is 5.32 Å². The summed E-state index contributed by atoms with van der Waals surface area (Å²) >= 11 is 0. The lowest BCUT2D eigenvalue weighted by Gasteiger charge is -1.99. The third-order valence-electron chi connectivity index (χ3n) is 2.27. The molecule has 0 aliphatic rings. The average Bonchev–Trinajstić information content (AvgIpc) is 2.34. The van der Waals surface area contributed by atoms with Gasteiger partial charge in [0, 0.05) is 12.7 Å². The average molecular weight is 225 g/mol. The molecule has 0 aromatic heterocycles. The normalized spacial score (nSPS) is 10.9. The van der Waals surface area contributed by atoms with Gasteiger partial charge >= 0.3 is 0 Å². The lowest BCUT2D eigenvalue weighted by Crippen LogP contribution is -1.86. The number of nitrogens with one attached hydrogen (secondary N) is 1. The monoisotopic (exact) mass is 225 g/mol. The van der Waals surface area contributed by atoms with Crippen LogP contribution in [0.1, 0.15) is 12.5 Å². The van der Waals surface area contributed by atoms with Crippen molar-refractivity contribution >= 4 is 11.8 Å². The Morgan fingerprint density at radius 3 is 2.24 bits per heavy atom. The zero-order valence-corrected chi connectivity index (χ0v) is 10.5. The molecular weight excluding hydrogens is 206 g/mol.